The second kappa shape index (κ2) is 11.0. The summed E-state index contributed by atoms with van der Waals surface area (Å²) in [7, 11) is 0. The van der Waals surface area contributed by atoms with Crippen LogP contribution in [-0.4, -0.2) is 0 Å². The Kier molecular flexibility index (Phi) is 6.32. The maximum absolute atomic E-state index is 6.85. The number of hydrogen-bond acceptors (Lipinski definition) is 4. The van der Waals surface area contributed by atoms with Gasteiger partial charge >= 0.3 is 0 Å². The van der Waals surface area contributed by atoms with Crippen LogP contribution in [0.5, 0.6) is 0 Å². The molecule has 9 rings (SSSR count). The molecule has 218 valence electrons. The van der Waals surface area contributed by atoms with Crippen LogP contribution in [0, 0.1) is 0 Å². The Morgan fingerprint density at radius 2 is 0.935 bits per heavy atom. The SMILES string of the molecule is c1ccc(N(c2ccc3sc4ccccc4c3c2)c2cccc3c2oc2cccc(N(c4ccccc4)c4ccccc4)c23)cc1. The summed E-state index contributed by atoms with van der Waals surface area (Å²) in [6.07, 6.45) is 0. The average Bonchev–Trinajstić information content (AvgIpc) is 3.69. The second-order valence-electron chi connectivity index (χ2n) is 11.4. The lowest BCUT2D eigenvalue weighted by Gasteiger charge is -2.26. The van der Waals surface area contributed by atoms with Gasteiger partial charge in [-0.15, -0.1) is 11.3 Å². The molecular formula is C42H28N2OS. The molecule has 0 aliphatic rings. The third-order valence-corrected chi connectivity index (χ3v) is 9.78. The monoisotopic (exact) mass is 608 g/mol. The van der Waals surface area contributed by atoms with Crippen molar-refractivity contribution in [2.45, 2.75) is 0 Å². The van der Waals surface area contributed by atoms with E-state index >= 15 is 0 Å². The van der Waals surface area contributed by atoms with E-state index in [0.717, 1.165) is 56.1 Å². The number of furan rings is 1. The Balaban J connectivity index is 1.29. The molecule has 9 aromatic rings. The number of rotatable bonds is 6. The summed E-state index contributed by atoms with van der Waals surface area (Å²) in [5.41, 5.74) is 8.12. The van der Waals surface area contributed by atoms with Crippen molar-refractivity contribution in [3.63, 3.8) is 0 Å². The van der Waals surface area contributed by atoms with Crippen molar-refractivity contribution in [1.29, 1.82) is 0 Å². The third-order valence-electron chi connectivity index (χ3n) is 8.62. The van der Waals surface area contributed by atoms with Gasteiger partial charge in [0.1, 0.15) is 5.58 Å². The van der Waals surface area contributed by atoms with E-state index in [9.17, 15) is 0 Å². The minimum Gasteiger partial charge on any atom is -0.454 e. The molecule has 0 amide bonds. The summed E-state index contributed by atoms with van der Waals surface area (Å²) in [4.78, 5) is 4.64. The number of hydrogen-bond donors (Lipinski definition) is 0. The fraction of sp³-hybridized carbons (Fsp3) is 0. The van der Waals surface area contributed by atoms with Crippen LogP contribution in [0.25, 0.3) is 42.1 Å². The van der Waals surface area contributed by atoms with Gasteiger partial charge in [0.25, 0.3) is 0 Å². The van der Waals surface area contributed by atoms with E-state index < -0.39 is 0 Å². The summed E-state index contributed by atoms with van der Waals surface area (Å²) >= 11 is 1.84. The van der Waals surface area contributed by atoms with Gasteiger partial charge in [0.2, 0.25) is 0 Å². The van der Waals surface area contributed by atoms with Crippen molar-refractivity contribution in [3.05, 3.63) is 170 Å². The van der Waals surface area contributed by atoms with Gasteiger partial charge < -0.3 is 14.2 Å². The molecule has 0 bridgehead atoms. The van der Waals surface area contributed by atoms with Gasteiger partial charge in [-0.25, -0.2) is 0 Å². The first-order valence-corrected chi connectivity index (χ1v) is 16.3. The highest BCUT2D eigenvalue weighted by molar-refractivity contribution is 7.25. The average molecular weight is 609 g/mol. The van der Waals surface area contributed by atoms with Crippen LogP contribution in [0.2, 0.25) is 0 Å². The Morgan fingerprint density at radius 1 is 0.391 bits per heavy atom. The molecule has 0 radical (unpaired) electrons. The van der Waals surface area contributed by atoms with E-state index in [2.05, 4.69) is 180 Å². The molecule has 0 aliphatic carbocycles. The summed E-state index contributed by atoms with van der Waals surface area (Å²) in [6, 6.07) is 59.9. The summed E-state index contributed by atoms with van der Waals surface area (Å²) in [6.45, 7) is 0. The number of thiophene rings is 1. The van der Waals surface area contributed by atoms with E-state index in [-0.39, 0.29) is 0 Å². The summed E-state index contributed by atoms with van der Waals surface area (Å²) in [5.74, 6) is 0. The van der Waals surface area contributed by atoms with E-state index in [0.29, 0.717) is 0 Å². The van der Waals surface area contributed by atoms with E-state index in [1.807, 2.05) is 11.3 Å². The smallest absolute Gasteiger partial charge is 0.159 e. The summed E-state index contributed by atoms with van der Waals surface area (Å²) < 4.78 is 9.43. The number of nitrogens with zero attached hydrogens (tertiary/aromatic N) is 2. The normalized spacial score (nSPS) is 11.5. The van der Waals surface area contributed by atoms with E-state index in [4.69, 9.17) is 4.42 Å². The van der Waals surface area contributed by atoms with Crippen LogP contribution < -0.4 is 9.80 Å². The number of benzene rings is 7. The highest BCUT2D eigenvalue weighted by atomic mass is 32.1. The molecule has 0 atom stereocenters. The van der Waals surface area contributed by atoms with Crippen molar-refractivity contribution < 1.29 is 4.42 Å². The fourth-order valence-corrected chi connectivity index (χ4v) is 7.70. The Morgan fingerprint density at radius 3 is 1.63 bits per heavy atom. The molecule has 4 heteroatoms. The molecule has 0 spiro atoms. The van der Waals surface area contributed by atoms with Gasteiger partial charge in [0.15, 0.2) is 5.58 Å². The Hall–Kier alpha value is -5.84. The zero-order valence-corrected chi connectivity index (χ0v) is 25.7. The molecule has 0 N–H and O–H groups in total. The third kappa shape index (κ3) is 4.34. The van der Waals surface area contributed by atoms with Crippen LogP contribution in [0.4, 0.5) is 34.1 Å². The lowest BCUT2D eigenvalue weighted by Crippen LogP contribution is -2.10. The number of para-hydroxylation sites is 4. The molecule has 0 saturated carbocycles. The van der Waals surface area contributed by atoms with E-state index in [1.54, 1.807) is 0 Å². The largest absolute Gasteiger partial charge is 0.454 e. The van der Waals surface area contributed by atoms with Crippen molar-refractivity contribution in [2.75, 3.05) is 9.80 Å². The maximum Gasteiger partial charge on any atom is 0.159 e. The topological polar surface area (TPSA) is 19.6 Å². The van der Waals surface area contributed by atoms with Crippen LogP contribution in [0.3, 0.4) is 0 Å². The minimum atomic E-state index is 0.851. The number of anilines is 6. The molecule has 2 heterocycles. The van der Waals surface area contributed by atoms with Gasteiger partial charge in [0, 0.05) is 48.3 Å². The maximum atomic E-state index is 6.85. The molecular weight excluding hydrogens is 581 g/mol. The van der Waals surface area contributed by atoms with E-state index in [1.165, 1.54) is 20.2 Å². The predicted octanol–water partition coefficient (Wildman–Crippen LogP) is 12.9. The highest BCUT2D eigenvalue weighted by Crippen LogP contribution is 2.47. The van der Waals surface area contributed by atoms with Gasteiger partial charge in [-0.1, -0.05) is 91.0 Å². The van der Waals surface area contributed by atoms with Gasteiger partial charge in [-0.3, -0.25) is 0 Å². The van der Waals surface area contributed by atoms with Gasteiger partial charge in [-0.2, -0.15) is 0 Å². The highest BCUT2D eigenvalue weighted by Gasteiger charge is 2.23. The first-order chi connectivity index (χ1) is 22.8. The van der Waals surface area contributed by atoms with Crippen LogP contribution in [0.15, 0.2) is 174 Å². The molecule has 0 saturated heterocycles. The molecule has 46 heavy (non-hydrogen) atoms. The zero-order chi connectivity index (χ0) is 30.5. The van der Waals surface area contributed by atoms with Crippen LogP contribution >= 0.6 is 11.3 Å². The first kappa shape index (κ1) is 26.6. The fourth-order valence-electron chi connectivity index (χ4n) is 6.62. The molecule has 0 unspecified atom stereocenters. The molecule has 0 fully saturated rings. The number of fused-ring (bicyclic) bond motifs is 6. The Labute approximate surface area is 270 Å². The Bertz CT molecular complexity index is 2440. The van der Waals surface area contributed by atoms with Crippen molar-refractivity contribution in [1.82, 2.24) is 0 Å². The second-order valence-corrected chi connectivity index (χ2v) is 12.4. The predicted molar refractivity (Wildman–Crippen MR) is 196 cm³/mol. The van der Waals surface area contributed by atoms with Crippen molar-refractivity contribution >= 4 is 87.6 Å². The molecule has 3 nitrogen and oxygen atoms in total. The quantitative estimate of drug-likeness (QED) is 0.187. The van der Waals surface area contributed by atoms with Crippen molar-refractivity contribution in [2.24, 2.45) is 0 Å². The minimum absolute atomic E-state index is 0.851. The van der Waals surface area contributed by atoms with Crippen LogP contribution in [-0.2, 0) is 0 Å². The zero-order valence-electron chi connectivity index (χ0n) is 24.9. The van der Waals surface area contributed by atoms with Crippen LogP contribution in [0.1, 0.15) is 0 Å². The van der Waals surface area contributed by atoms with Crippen molar-refractivity contribution in [3.8, 4) is 0 Å². The van der Waals surface area contributed by atoms with Gasteiger partial charge in [0.05, 0.1) is 16.8 Å². The molecule has 7 aromatic carbocycles. The first-order valence-electron chi connectivity index (χ1n) is 15.4. The summed E-state index contributed by atoms with van der Waals surface area (Å²) in [5, 5.41) is 4.70. The lowest BCUT2D eigenvalue weighted by atomic mass is 10.1. The lowest BCUT2D eigenvalue weighted by molar-refractivity contribution is 0.669. The molecule has 2 aromatic heterocycles. The van der Waals surface area contributed by atoms with Gasteiger partial charge in [-0.05, 0) is 78.9 Å². The molecule has 0 aliphatic heterocycles. The standard InChI is InChI=1S/C42H28N2OS/c1-4-14-29(15-5-1)43(30-16-6-2-7-17-30)36-22-13-24-38-41(36)34-21-12-23-37(42(34)45-38)44(31-18-8-3-9-19-31)32-26-27-40-35(28-32)33-20-10-11-25-39(33)46-40/h1-28H.